The molecule has 5 heteroatoms. The summed E-state index contributed by atoms with van der Waals surface area (Å²) in [5.41, 5.74) is 1.37. The van der Waals surface area contributed by atoms with E-state index in [9.17, 15) is 0 Å². The van der Waals surface area contributed by atoms with Crippen LogP contribution in [0.15, 0.2) is 24.3 Å². The third kappa shape index (κ3) is 7.16. The van der Waals surface area contributed by atoms with Gasteiger partial charge in [-0.05, 0) is 44.4 Å². The van der Waals surface area contributed by atoms with Crippen molar-refractivity contribution in [1.29, 1.82) is 0 Å². The molecule has 28 heavy (non-hydrogen) atoms. The van der Waals surface area contributed by atoms with Crippen molar-refractivity contribution in [3.63, 3.8) is 0 Å². The predicted molar refractivity (Wildman–Crippen MR) is 121 cm³/mol. The maximum absolute atomic E-state index is 6.10. The number of benzene rings is 1. The van der Waals surface area contributed by atoms with Crippen molar-refractivity contribution in [3.05, 3.63) is 29.8 Å². The van der Waals surface area contributed by atoms with Gasteiger partial charge in [0.25, 0.3) is 0 Å². The number of rotatable bonds is 11. The number of unbranched alkanes of at least 4 members (excludes halogenated alkanes) is 5. The molecular weight excluding hydrogens is 388 g/mol. The van der Waals surface area contributed by atoms with Crippen molar-refractivity contribution in [3.8, 4) is 5.75 Å². The van der Waals surface area contributed by atoms with Crippen LogP contribution in [0.2, 0.25) is 0 Å². The quantitative estimate of drug-likeness (QED) is 0.371. The molecule has 2 fully saturated rings. The van der Waals surface area contributed by atoms with Gasteiger partial charge in [0.1, 0.15) is 5.75 Å². The summed E-state index contributed by atoms with van der Waals surface area (Å²) in [6.07, 6.45) is 9.26. The lowest BCUT2D eigenvalue weighted by Crippen LogP contribution is -2.45. The highest BCUT2D eigenvalue weighted by molar-refractivity contribution is 8.17. The Morgan fingerprint density at radius 3 is 2.64 bits per heavy atom. The molecule has 0 aromatic heterocycles. The molecule has 3 rings (SSSR count). The highest BCUT2D eigenvalue weighted by atomic mass is 32.2. The van der Waals surface area contributed by atoms with Gasteiger partial charge < -0.3 is 14.2 Å². The molecule has 1 unspecified atom stereocenters. The summed E-state index contributed by atoms with van der Waals surface area (Å²) in [7, 11) is 0. The summed E-state index contributed by atoms with van der Waals surface area (Å²) in [6.45, 7) is 7.94. The van der Waals surface area contributed by atoms with Crippen LogP contribution >= 0.6 is 23.5 Å². The fraction of sp³-hybridized carbons (Fsp3) is 0.739. The molecule has 2 heterocycles. The molecule has 0 bridgehead atoms. The summed E-state index contributed by atoms with van der Waals surface area (Å²) < 4.78 is 18.4. The summed E-state index contributed by atoms with van der Waals surface area (Å²) in [4.78, 5) is 0. The monoisotopic (exact) mass is 424 g/mol. The van der Waals surface area contributed by atoms with Crippen molar-refractivity contribution in [2.45, 2.75) is 93.2 Å². The zero-order chi connectivity index (χ0) is 19.8. The second-order valence-corrected chi connectivity index (χ2v) is 11.2. The molecule has 2 aliphatic rings. The summed E-state index contributed by atoms with van der Waals surface area (Å²) in [6, 6.07) is 8.65. The Morgan fingerprint density at radius 2 is 1.86 bits per heavy atom. The lowest BCUT2D eigenvalue weighted by Gasteiger charge is -2.37. The van der Waals surface area contributed by atoms with Gasteiger partial charge in [-0.15, -0.1) is 23.5 Å². The fourth-order valence-corrected chi connectivity index (χ4v) is 6.70. The van der Waals surface area contributed by atoms with E-state index in [-0.39, 0.29) is 0 Å². The maximum atomic E-state index is 6.10. The van der Waals surface area contributed by atoms with Gasteiger partial charge in [-0.3, -0.25) is 0 Å². The molecule has 0 N–H and O–H groups in total. The molecule has 3 nitrogen and oxygen atoms in total. The van der Waals surface area contributed by atoms with E-state index in [1.807, 2.05) is 37.4 Å². The van der Waals surface area contributed by atoms with E-state index in [1.54, 1.807) is 0 Å². The van der Waals surface area contributed by atoms with E-state index in [2.05, 4.69) is 31.2 Å². The first-order valence-corrected chi connectivity index (χ1v) is 12.9. The molecule has 1 aromatic rings. The molecule has 0 saturated carbocycles. The Morgan fingerprint density at radius 1 is 1.11 bits per heavy atom. The Labute approximate surface area is 179 Å². The molecule has 2 aliphatic heterocycles. The molecule has 1 aromatic carbocycles. The second-order valence-electron chi connectivity index (χ2n) is 8.28. The Hall–Kier alpha value is -0.360. The van der Waals surface area contributed by atoms with Gasteiger partial charge in [0.05, 0.1) is 29.1 Å². The molecule has 0 radical (unpaired) electrons. The van der Waals surface area contributed by atoms with Crippen LogP contribution in [0.4, 0.5) is 0 Å². The molecule has 3 atom stereocenters. The molecule has 158 valence electrons. The van der Waals surface area contributed by atoms with Crippen LogP contribution in [0, 0.1) is 0 Å². The molecular formula is C23H36O3S2. The van der Waals surface area contributed by atoms with E-state index in [0.29, 0.717) is 15.9 Å². The smallest absolute Gasteiger partial charge is 0.163 e. The SMILES string of the molecule is CCCCCCCCOc1ccc(CSC2C[C@@H]3OC(C)(C)OC[C@H]3S2)cc1. The van der Waals surface area contributed by atoms with Gasteiger partial charge in [-0.2, -0.15) is 0 Å². The van der Waals surface area contributed by atoms with Crippen LogP contribution in [0.25, 0.3) is 0 Å². The van der Waals surface area contributed by atoms with Gasteiger partial charge in [-0.1, -0.05) is 51.2 Å². The van der Waals surface area contributed by atoms with Gasteiger partial charge in [-0.25, -0.2) is 0 Å². The van der Waals surface area contributed by atoms with E-state index in [0.717, 1.165) is 37.6 Å². The number of thioether (sulfide) groups is 2. The van der Waals surface area contributed by atoms with Crippen molar-refractivity contribution < 1.29 is 14.2 Å². The van der Waals surface area contributed by atoms with Crippen molar-refractivity contribution >= 4 is 23.5 Å². The lowest BCUT2D eigenvalue weighted by atomic mass is 10.1. The predicted octanol–water partition coefficient (Wildman–Crippen LogP) is 6.64. The Kier molecular flexibility index (Phi) is 8.89. The fourth-order valence-electron chi connectivity index (χ4n) is 3.68. The van der Waals surface area contributed by atoms with Crippen molar-refractivity contribution in [2.24, 2.45) is 0 Å². The molecule has 0 amide bonds. The van der Waals surface area contributed by atoms with E-state index in [4.69, 9.17) is 14.2 Å². The maximum Gasteiger partial charge on any atom is 0.163 e. The van der Waals surface area contributed by atoms with Crippen LogP contribution in [0.1, 0.15) is 71.3 Å². The highest BCUT2D eigenvalue weighted by Crippen LogP contribution is 2.46. The normalized spacial score (nSPS) is 26.2. The highest BCUT2D eigenvalue weighted by Gasteiger charge is 2.43. The van der Waals surface area contributed by atoms with Gasteiger partial charge in [0.2, 0.25) is 0 Å². The molecule has 0 spiro atoms. The van der Waals surface area contributed by atoms with Crippen LogP contribution in [-0.2, 0) is 15.2 Å². The first-order valence-electron chi connectivity index (χ1n) is 10.9. The number of ether oxygens (including phenoxy) is 3. The van der Waals surface area contributed by atoms with Gasteiger partial charge in [0.15, 0.2) is 5.79 Å². The first-order chi connectivity index (χ1) is 13.6. The van der Waals surface area contributed by atoms with Gasteiger partial charge in [0, 0.05) is 5.75 Å². The third-order valence-corrected chi connectivity index (χ3v) is 8.41. The number of hydrogen-bond acceptors (Lipinski definition) is 5. The number of fused-ring (bicyclic) bond motifs is 1. The topological polar surface area (TPSA) is 27.7 Å². The van der Waals surface area contributed by atoms with E-state index >= 15 is 0 Å². The first kappa shape index (κ1) is 22.3. The largest absolute Gasteiger partial charge is 0.494 e. The molecule has 2 saturated heterocycles. The van der Waals surface area contributed by atoms with Crippen LogP contribution in [0.5, 0.6) is 5.75 Å². The zero-order valence-corrected chi connectivity index (χ0v) is 19.3. The third-order valence-electron chi connectivity index (χ3n) is 5.32. The lowest BCUT2D eigenvalue weighted by molar-refractivity contribution is -0.268. The average Bonchev–Trinajstić information content (AvgIpc) is 3.07. The second kappa shape index (κ2) is 11.1. The van der Waals surface area contributed by atoms with Crippen LogP contribution < -0.4 is 4.74 Å². The summed E-state index contributed by atoms with van der Waals surface area (Å²) in [5, 5.41) is 0.489. The van der Waals surface area contributed by atoms with Crippen molar-refractivity contribution in [1.82, 2.24) is 0 Å². The standard InChI is InChI=1S/C23H36O3S2/c1-4-5-6-7-8-9-14-24-19-12-10-18(11-13-19)17-27-22-15-20-21(28-22)16-25-23(2,3)26-20/h10-13,20-22H,4-9,14-17H2,1-3H3/t20-,21+,22?/m0/s1. The van der Waals surface area contributed by atoms with E-state index in [1.165, 1.54) is 37.7 Å². The Bertz CT molecular complexity index is 576. The molecule has 0 aliphatic carbocycles. The zero-order valence-electron chi connectivity index (χ0n) is 17.7. The summed E-state index contributed by atoms with van der Waals surface area (Å²) >= 11 is 4.05. The van der Waals surface area contributed by atoms with Crippen LogP contribution in [0.3, 0.4) is 0 Å². The van der Waals surface area contributed by atoms with Gasteiger partial charge >= 0.3 is 0 Å². The minimum atomic E-state index is -0.424. The van der Waals surface area contributed by atoms with Crippen LogP contribution in [-0.4, -0.2) is 34.9 Å². The Balaban J connectivity index is 1.32. The summed E-state index contributed by atoms with van der Waals surface area (Å²) in [5.74, 6) is 1.61. The minimum Gasteiger partial charge on any atom is -0.494 e. The minimum absolute atomic E-state index is 0.337. The van der Waals surface area contributed by atoms with E-state index < -0.39 is 5.79 Å². The average molecular weight is 425 g/mol. The van der Waals surface area contributed by atoms with Crippen molar-refractivity contribution in [2.75, 3.05) is 13.2 Å². The number of hydrogen-bond donors (Lipinski definition) is 0.